The van der Waals surface area contributed by atoms with Gasteiger partial charge in [-0.3, -0.25) is 9.88 Å². The molecule has 112 valence electrons. The molecule has 0 N–H and O–H groups in total. The summed E-state index contributed by atoms with van der Waals surface area (Å²) in [7, 11) is 1.73. The van der Waals surface area contributed by atoms with Gasteiger partial charge in [0.25, 0.3) is 0 Å². The summed E-state index contributed by atoms with van der Waals surface area (Å²) in [5.74, 6) is 1.28. The van der Waals surface area contributed by atoms with Crippen LogP contribution in [0.25, 0.3) is 0 Å². The lowest BCUT2D eigenvalue weighted by Gasteiger charge is -2.21. The van der Waals surface area contributed by atoms with E-state index in [4.69, 9.17) is 20.9 Å². The fourth-order valence-electron chi connectivity index (χ4n) is 2.66. The molecule has 3 rings (SSSR count). The Hall–Kier alpha value is -1.50. The van der Waals surface area contributed by atoms with E-state index in [-0.39, 0.29) is 12.1 Å². The first-order valence-corrected chi connectivity index (χ1v) is 7.20. The second-order valence-electron chi connectivity index (χ2n) is 5.19. The lowest BCUT2D eigenvalue weighted by molar-refractivity contribution is 0.107. The molecule has 1 aliphatic rings. The van der Waals surface area contributed by atoms with Gasteiger partial charge in [-0.1, -0.05) is 16.8 Å². The van der Waals surface area contributed by atoms with E-state index in [1.165, 1.54) is 0 Å². The Morgan fingerprint density at radius 2 is 2.38 bits per heavy atom. The predicted molar refractivity (Wildman–Crippen MR) is 76.8 cm³/mol. The third kappa shape index (κ3) is 3.07. The summed E-state index contributed by atoms with van der Waals surface area (Å²) < 4.78 is 10.8. The first kappa shape index (κ1) is 14.4. The van der Waals surface area contributed by atoms with Crippen molar-refractivity contribution in [3.05, 3.63) is 40.8 Å². The highest BCUT2D eigenvalue weighted by molar-refractivity contribution is 6.31. The van der Waals surface area contributed by atoms with Crippen molar-refractivity contribution in [2.24, 2.45) is 0 Å². The van der Waals surface area contributed by atoms with E-state index in [1.807, 2.05) is 13.0 Å². The Labute approximate surface area is 128 Å². The average molecular weight is 309 g/mol. The maximum atomic E-state index is 6.20. The molecule has 2 aromatic heterocycles. The maximum Gasteiger partial charge on any atom is 0.244 e. The molecular weight excluding hydrogens is 292 g/mol. The molecule has 1 fully saturated rings. The minimum atomic E-state index is 0.0559. The van der Waals surface area contributed by atoms with E-state index in [2.05, 4.69) is 20.0 Å². The molecule has 0 aromatic carbocycles. The highest BCUT2D eigenvalue weighted by atomic mass is 35.5. The SMILES string of the molecule is CO[C@H]1C[C@H](c2nc(C)no2)N(Cc2ccncc2Cl)C1. The number of halogens is 1. The standard InChI is InChI=1S/C14H17ClN4O2/c1-9-17-14(21-18-9)13-5-11(20-2)8-19(13)7-10-3-4-16-6-12(10)15/h3-4,6,11,13H,5,7-8H2,1-2H3/t11-,13+/m0/s1. The van der Waals surface area contributed by atoms with Crippen molar-refractivity contribution in [3.8, 4) is 0 Å². The fraction of sp³-hybridized carbons (Fsp3) is 0.500. The zero-order valence-corrected chi connectivity index (χ0v) is 12.7. The van der Waals surface area contributed by atoms with Gasteiger partial charge in [0.2, 0.25) is 5.89 Å². The quantitative estimate of drug-likeness (QED) is 0.864. The number of ether oxygens (including phenoxy) is 1. The Morgan fingerprint density at radius 1 is 1.52 bits per heavy atom. The first-order chi connectivity index (χ1) is 10.2. The Morgan fingerprint density at radius 3 is 3.05 bits per heavy atom. The molecule has 1 aliphatic heterocycles. The number of hydrogen-bond donors (Lipinski definition) is 0. The van der Waals surface area contributed by atoms with Gasteiger partial charge >= 0.3 is 0 Å². The van der Waals surface area contributed by atoms with Gasteiger partial charge in [0.15, 0.2) is 5.82 Å². The van der Waals surface area contributed by atoms with Gasteiger partial charge in [0.05, 0.1) is 17.2 Å². The second kappa shape index (κ2) is 6.09. The van der Waals surface area contributed by atoms with E-state index in [9.17, 15) is 0 Å². The van der Waals surface area contributed by atoms with Crippen LogP contribution in [0.1, 0.15) is 29.7 Å². The van der Waals surface area contributed by atoms with Crippen LogP contribution < -0.4 is 0 Å². The molecule has 2 aromatic rings. The molecule has 6 nitrogen and oxygen atoms in total. The van der Waals surface area contributed by atoms with Crippen molar-refractivity contribution >= 4 is 11.6 Å². The summed E-state index contributed by atoms with van der Waals surface area (Å²) in [5, 5.41) is 4.55. The first-order valence-electron chi connectivity index (χ1n) is 6.83. The van der Waals surface area contributed by atoms with Crippen LogP contribution in [0.2, 0.25) is 5.02 Å². The molecule has 0 unspecified atom stereocenters. The summed E-state index contributed by atoms with van der Waals surface area (Å²) in [6.45, 7) is 3.33. The van der Waals surface area contributed by atoms with Gasteiger partial charge in [-0.15, -0.1) is 0 Å². The van der Waals surface area contributed by atoms with Crippen LogP contribution in [0.4, 0.5) is 0 Å². The molecule has 21 heavy (non-hydrogen) atoms. The summed E-state index contributed by atoms with van der Waals surface area (Å²) >= 11 is 6.20. The van der Waals surface area contributed by atoms with Crippen molar-refractivity contribution in [2.75, 3.05) is 13.7 Å². The molecule has 0 aliphatic carbocycles. The molecule has 0 radical (unpaired) electrons. The van der Waals surface area contributed by atoms with Gasteiger partial charge in [0, 0.05) is 32.6 Å². The van der Waals surface area contributed by atoms with E-state index in [0.717, 1.165) is 18.5 Å². The third-order valence-electron chi connectivity index (χ3n) is 3.76. The number of methoxy groups -OCH3 is 1. The second-order valence-corrected chi connectivity index (χ2v) is 5.59. The topological polar surface area (TPSA) is 64.3 Å². The van der Waals surface area contributed by atoms with Gasteiger partial charge in [0.1, 0.15) is 0 Å². The summed E-state index contributed by atoms with van der Waals surface area (Å²) in [5.41, 5.74) is 1.03. The number of aryl methyl sites for hydroxylation is 1. The van der Waals surface area contributed by atoms with Crippen molar-refractivity contribution in [3.63, 3.8) is 0 Å². The highest BCUT2D eigenvalue weighted by Crippen LogP contribution is 2.34. The maximum absolute atomic E-state index is 6.20. The van der Waals surface area contributed by atoms with Crippen LogP contribution >= 0.6 is 11.6 Å². The molecule has 0 saturated carbocycles. The molecule has 0 bridgehead atoms. The number of likely N-dealkylation sites (tertiary alicyclic amines) is 1. The summed E-state index contributed by atoms with van der Waals surface area (Å²) in [4.78, 5) is 10.6. The zero-order valence-electron chi connectivity index (χ0n) is 12.0. The summed E-state index contributed by atoms with van der Waals surface area (Å²) in [6.07, 6.45) is 4.40. The molecule has 0 amide bonds. The van der Waals surface area contributed by atoms with E-state index < -0.39 is 0 Å². The molecular formula is C14H17ClN4O2. The van der Waals surface area contributed by atoms with Crippen molar-refractivity contribution in [1.29, 1.82) is 0 Å². The number of hydrogen-bond acceptors (Lipinski definition) is 6. The van der Waals surface area contributed by atoms with Crippen LogP contribution in [0.5, 0.6) is 0 Å². The van der Waals surface area contributed by atoms with E-state index >= 15 is 0 Å². The molecule has 7 heteroatoms. The third-order valence-corrected chi connectivity index (χ3v) is 4.10. The fourth-order valence-corrected chi connectivity index (χ4v) is 2.84. The lowest BCUT2D eigenvalue weighted by Crippen LogP contribution is -2.25. The van der Waals surface area contributed by atoms with Gasteiger partial charge in [-0.05, 0) is 25.0 Å². The zero-order chi connectivity index (χ0) is 14.8. The van der Waals surface area contributed by atoms with Crippen LogP contribution in [0.3, 0.4) is 0 Å². The normalized spacial score (nSPS) is 22.8. The minimum Gasteiger partial charge on any atom is -0.380 e. The van der Waals surface area contributed by atoms with Gasteiger partial charge < -0.3 is 9.26 Å². The van der Waals surface area contributed by atoms with Crippen LogP contribution in [-0.4, -0.2) is 39.8 Å². The Balaban J connectivity index is 1.82. The van der Waals surface area contributed by atoms with Crippen LogP contribution in [0, 0.1) is 6.92 Å². The minimum absolute atomic E-state index is 0.0559. The highest BCUT2D eigenvalue weighted by Gasteiger charge is 2.36. The molecule has 1 saturated heterocycles. The predicted octanol–water partition coefficient (Wildman–Crippen LogP) is 2.39. The van der Waals surface area contributed by atoms with Gasteiger partial charge in [-0.25, -0.2) is 0 Å². The number of rotatable bonds is 4. The molecule has 3 heterocycles. The average Bonchev–Trinajstić information content (AvgIpc) is 3.07. The summed E-state index contributed by atoms with van der Waals surface area (Å²) in [6, 6.07) is 1.99. The number of nitrogens with zero attached hydrogens (tertiary/aromatic N) is 4. The largest absolute Gasteiger partial charge is 0.380 e. The van der Waals surface area contributed by atoms with Crippen LogP contribution in [0.15, 0.2) is 23.0 Å². The van der Waals surface area contributed by atoms with E-state index in [1.54, 1.807) is 19.5 Å². The smallest absolute Gasteiger partial charge is 0.244 e. The lowest BCUT2D eigenvalue weighted by atomic mass is 10.2. The van der Waals surface area contributed by atoms with Crippen molar-refractivity contribution < 1.29 is 9.26 Å². The molecule has 0 spiro atoms. The Bertz CT molecular complexity index is 619. The number of pyridine rings is 1. The van der Waals surface area contributed by atoms with Crippen molar-refractivity contribution in [2.45, 2.75) is 32.0 Å². The van der Waals surface area contributed by atoms with Gasteiger partial charge in [-0.2, -0.15) is 4.98 Å². The van der Waals surface area contributed by atoms with Crippen LogP contribution in [-0.2, 0) is 11.3 Å². The van der Waals surface area contributed by atoms with Crippen molar-refractivity contribution in [1.82, 2.24) is 20.0 Å². The molecule has 2 atom stereocenters. The number of aromatic nitrogens is 3. The monoisotopic (exact) mass is 308 g/mol. The Kier molecular flexibility index (Phi) is 4.19. The van der Waals surface area contributed by atoms with E-state index in [0.29, 0.717) is 23.3 Å².